The molecule has 6 nitrogen and oxygen atoms in total. The van der Waals surface area contributed by atoms with E-state index < -0.39 is 5.97 Å². The van der Waals surface area contributed by atoms with Crippen LogP contribution in [0.15, 0.2) is 12.4 Å². The van der Waals surface area contributed by atoms with Gasteiger partial charge in [-0.05, 0) is 25.2 Å². The summed E-state index contributed by atoms with van der Waals surface area (Å²) in [7, 11) is 0. The molecule has 18 heavy (non-hydrogen) atoms. The van der Waals surface area contributed by atoms with Crippen LogP contribution in [0.5, 0.6) is 0 Å². The van der Waals surface area contributed by atoms with Crippen molar-refractivity contribution in [3.63, 3.8) is 0 Å². The van der Waals surface area contributed by atoms with Crippen molar-refractivity contribution < 1.29 is 15.0 Å². The van der Waals surface area contributed by atoms with E-state index in [2.05, 4.69) is 9.97 Å². The Balaban J connectivity index is 2.10. The lowest BCUT2D eigenvalue weighted by Crippen LogP contribution is -2.36. The number of aromatic carboxylic acids is 1. The zero-order valence-corrected chi connectivity index (χ0v) is 10.1. The van der Waals surface area contributed by atoms with Crippen molar-refractivity contribution in [2.45, 2.75) is 19.3 Å². The van der Waals surface area contributed by atoms with Gasteiger partial charge in [-0.3, -0.25) is 4.98 Å². The number of anilines is 1. The van der Waals surface area contributed by atoms with E-state index in [1.54, 1.807) is 6.20 Å². The lowest BCUT2D eigenvalue weighted by atomic mass is 9.95. The summed E-state index contributed by atoms with van der Waals surface area (Å²) in [6, 6.07) is 0. The van der Waals surface area contributed by atoms with Crippen molar-refractivity contribution >= 4 is 11.8 Å². The maximum atomic E-state index is 10.8. The molecule has 1 aromatic heterocycles. The van der Waals surface area contributed by atoms with Gasteiger partial charge in [-0.1, -0.05) is 0 Å². The van der Waals surface area contributed by atoms with Crippen molar-refractivity contribution in [1.82, 2.24) is 9.97 Å². The first-order valence-electron chi connectivity index (χ1n) is 6.12. The number of aliphatic hydroxyl groups is 1. The first-order chi connectivity index (χ1) is 8.70. The quantitative estimate of drug-likeness (QED) is 0.822. The van der Waals surface area contributed by atoms with Crippen molar-refractivity contribution in [3.05, 3.63) is 18.1 Å². The van der Waals surface area contributed by atoms with Crippen LogP contribution in [-0.2, 0) is 0 Å². The summed E-state index contributed by atoms with van der Waals surface area (Å²) < 4.78 is 0. The number of piperidine rings is 1. The highest BCUT2D eigenvalue weighted by molar-refractivity contribution is 5.85. The molecule has 1 fully saturated rings. The molecule has 0 saturated carbocycles. The Morgan fingerprint density at radius 1 is 1.50 bits per heavy atom. The molecule has 6 heteroatoms. The number of carbonyl (C=O) groups is 1. The topological polar surface area (TPSA) is 86.5 Å². The highest BCUT2D eigenvalue weighted by Crippen LogP contribution is 2.23. The summed E-state index contributed by atoms with van der Waals surface area (Å²) in [4.78, 5) is 20.9. The zero-order valence-electron chi connectivity index (χ0n) is 10.1. The molecule has 0 bridgehead atoms. The number of aromatic nitrogens is 2. The normalized spacial score (nSPS) is 19.8. The van der Waals surface area contributed by atoms with Crippen LogP contribution >= 0.6 is 0 Å². The third-order valence-corrected chi connectivity index (χ3v) is 3.22. The summed E-state index contributed by atoms with van der Waals surface area (Å²) in [5.41, 5.74) is -0.0308. The summed E-state index contributed by atoms with van der Waals surface area (Å²) in [6.07, 6.45) is 5.75. The molecule has 1 saturated heterocycles. The van der Waals surface area contributed by atoms with Crippen LogP contribution in [-0.4, -0.2) is 45.8 Å². The zero-order chi connectivity index (χ0) is 13.0. The Morgan fingerprint density at radius 2 is 2.33 bits per heavy atom. The summed E-state index contributed by atoms with van der Waals surface area (Å²) >= 11 is 0. The molecule has 1 aliphatic rings. The summed E-state index contributed by atoms with van der Waals surface area (Å²) in [5.74, 6) is -0.00941. The van der Waals surface area contributed by atoms with Crippen molar-refractivity contribution in [1.29, 1.82) is 0 Å². The summed E-state index contributed by atoms with van der Waals surface area (Å²) in [5, 5.41) is 17.9. The number of aliphatic hydroxyl groups excluding tert-OH is 1. The van der Waals surface area contributed by atoms with Gasteiger partial charge < -0.3 is 15.1 Å². The van der Waals surface area contributed by atoms with Gasteiger partial charge in [-0.2, -0.15) is 0 Å². The van der Waals surface area contributed by atoms with Gasteiger partial charge in [0, 0.05) is 19.7 Å². The Labute approximate surface area is 105 Å². The molecule has 1 aliphatic heterocycles. The molecule has 98 valence electrons. The van der Waals surface area contributed by atoms with Crippen LogP contribution in [0.2, 0.25) is 0 Å². The molecule has 2 rings (SSSR count). The molecule has 2 heterocycles. The minimum Gasteiger partial charge on any atom is -0.476 e. The monoisotopic (exact) mass is 251 g/mol. The second-order valence-electron chi connectivity index (χ2n) is 4.53. The SMILES string of the molecule is O=C(O)c1cncc(N2CCCC(CCO)C2)n1. The molecule has 2 N–H and O–H groups in total. The lowest BCUT2D eigenvalue weighted by molar-refractivity contribution is 0.0690. The molecule has 1 atom stereocenters. The first-order valence-corrected chi connectivity index (χ1v) is 6.12. The van der Waals surface area contributed by atoms with Gasteiger partial charge in [-0.25, -0.2) is 9.78 Å². The third-order valence-electron chi connectivity index (χ3n) is 3.22. The first kappa shape index (κ1) is 12.8. The van der Waals surface area contributed by atoms with Gasteiger partial charge in [0.05, 0.1) is 12.4 Å². The van der Waals surface area contributed by atoms with Gasteiger partial charge in [0.25, 0.3) is 0 Å². The van der Waals surface area contributed by atoms with Crippen molar-refractivity contribution in [2.75, 3.05) is 24.6 Å². The molecule has 0 aromatic carbocycles. The molecule has 1 unspecified atom stereocenters. The second kappa shape index (κ2) is 5.77. The van der Waals surface area contributed by atoms with Crippen LogP contribution in [0, 0.1) is 5.92 Å². The van der Waals surface area contributed by atoms with Crippen LogP contribution in [0.4, 0.5) is 5.82 Å². The molecular weight excluding hydrogens is 234 g/mol. The highest BCUT2D eigenvalue weighted by atomic mass is 16.4. The molecule has 0 radical (unpaired) electrons. The van der Waals surface area contributed by atoms with E-state index in [0.29, 0.717) is 11.7 Å². The van der Waals surface area contributed by atoms with Gasteiger partial charge in [0.15, 0.2) is 5.69 Å². The fourth-order valence-electron chi connectivity index (χ4n) is 2.30. The van der Waals surface area contributed by atoms with E-state index in [-0.39, 0.29) is 12.3 Å². The van der Waals surface area contributed by atoms with E-state index >= 15 is 0 Å². The highest BCUT2D eigenvalue weighted by Gasteiger charge is 2.21. The van der Waals surface area contributed by atoms with Gasteiger partial charge in [0.2, 0.25) is 0 Å². The minimum absolute atomic E-state index is 0.0308. The van der Waals surface area contributed by atoms with Crippen molar-refractivity contribution in [2.24, 2.45) is 5.92 Å². The second-order valence-corrected chi connectivity index (χ2v) is 4.53. The van der Waals surface area contributed by atoms with Crippen molar-refractivity contribution in [3.8, 4) is 0 Å². The summed E-state index contributed by atoms with van der Waals surface area (Å²) in [6.45, 7) is 1.86. The minimum atomic E-state index is -1.06. The van der Waals surface area contributed by atoms with Crippen LogP contribution < -0.4 is 4.90 Å². The number of hydrogen-bond acceptors (Lipinski definition) is 5. The number of carboxylic acids is 1. The average molecular weight is 251 g/mol. The maximum Gasteiger partial charge on any atom is 0.356 e. The molecule has 1 aromatic rings. The average Bonchev–Trinajstić information content (AvgIpc) is 2.39. The smallest absolute Gasteiger partial charge is 0.356 e. The number of hydrogen-bond donors (Lipinski definition) is 2. The largest absolute Gasteiger partial charge is 0.476 e. The van der Waals surface area contributed by atoms with E-state index in [1.165, 1.54) is 6.20 Å². The fourth-order valence-corrected chi connectivity index (χ4v) is 2.30. The fraction of sp³-hybridized carbons (Fsp3) is 0.583. The van der Waals surface area contributed by atoms with Crippen LogP contribution in [0.25, 0.3) is 0 Å². The predicted molar refractivity (Wildman–Crippen MR) is 65.6 cm³/mol. The third kappa shape index (κ3) is 2.95. The Bertz CT molecular complexity index is 423. The van der Waals surface area contributed by atoms with E-state index in [9.17, 15) is 4.79 Å². The molecule has 0 amide bonds. The lowest BCUT2D eigenvalue weighted by Gasteiger charge is -2.33. The van der Waals surface area contributed by atoms with Gasteiger partial charge >= 0.3 is 5.97 Å². The molecule has 0 spiro atoms. The maximum absolute atomic E-state index is 10.8. The van der Waals surface area contributed by atoms with Gasteiger partial charge in [0.1, 0.15) is 5.82 Å². The standard InChI is InChI=1S/C12H17N3O3/c16-5-3-9-2-1-4-15(8-9)11-7-13-6-10(14-11)12(17)18/h6-7,9,16H,1-5,8H2,(H,17,18). The van der Waals surface area contributed by atoms with E-state index in [0.717, 1.165) is 32.4 Å². The van der Waals surface area contributed by atoms with E-state index in [1.807, 2.05) is 4.90 Å². The number of nitrogens with zero attached hydrogens (tertiary/aromatic N) is 3. The molecule has 0 aliphatic carbocycles. The van der Waals surface area contributed by atoms with E-state index in [4.69, 9.17) is 10.2 Å². The van der Waals surface area contributed by atoms with Crippen LogP contribution in [0.3, 0.4) is 0 Å². The molecular formula is C12H17N3O3. The Hall–Kier alpha value is -1.69. The predicted octanol–water partition coefficient (Wildman–Crippen LogP) is 0.774. The number of carboxylic acid groups (broad SMARTS) is 1. The van der Waals surface area contributed by atoms with Gasteiger partial charge in [-0.15, -0.1) is 0 Å². The van der Waals surface area contributed by atoms with Crippen LogP contribution in [0.1, 0.15) is 29.8 Å². The Morgan fingerprint density at radius 3 is 3.06 bits per heavy atom. The Kier molecular flexibility index (Phi) is 4.09. The number of rotatable bonds is 4.